The van der Waals surface area contributed by atoms with Crippen LogP contribution in [0.15, 0.2) is 0 Å². The van der Waals surface area contributed by atoms with Crippen molar-refractivity contribution in [2.45, 2.75) is 17.8 Å². The van der Waals surface area contributed by atoms with Gasteiger partial charge >= 0.3 is 12.1 Å². The molecule has 1 N–H and O–H groups in total. The minimum atomic E-state index is -4.68. The number of hydrogen-bond acceptors (Lipinski definition) is 5. The molecule has 0 saturated carbocycles. The largest absolute Gasteiger partial charge is 0.481 e. The Kier molecular flexibility index (Phi) is 5.19. The molecular formula is C12H16F3NO5S2. The summed E-state index contributed by atoms with van der Waals surface area (Å²) in [5, 5.41) is 8.66. The van der Waals surface area contributed by atoms with Crippen LogP contribution in [0, 0.1) is 11.8 Å². The standard InChI is InChI=1S/C12H16F3NO5S2/c13-12(14,15)9-4-16(3-8(9)11(18)19)10(17)5-22-7-1-2-23(20,21)6-7/h7-9H,1-6H2,(H,18,19)/t7?,8-,9-/m1/s1. The van der Waals surface area contributed by atoms with E-state index in [2.05, 4.69) is 0 Å². The number of rotatable bonds is 4. The Morgan fingerprint density at radius 1 is 1.26 bits per heavy atom. The second-order valence-corrected chi connectivity index (χ2v) is 9.25. The summed E-state index contributed by atoms with van der Waals surface area (Å²) in [4.78, 5) is 23.9. The van der Waals surface area contributed by atoms with E-state index in [4.69, 9.17) is 5.11 Å². The van der Waals surface area contributed by atoms with Crippen LogP contribution in [-0.2, 0) is 19.4 Å². The molecule has 0 spiro atoms. The van der Waals surface area contributed by atoms with E-state index in [1.54, 1.807) is 0 Å². The Labute approximate surface area is 135 Å². The van der Waals surface area contributed by atoms with Crippen molar-refractivity contribution in [2.24, 2.45) is 11.8 Å². The number of alkyl halides is 3. The minimum Gasteiger partial charge on any atom is -0.481 e. The average Bonchev–Trinajstić information content (AvgIpc) is 2.99. The molecular weight excluding hydrogens is 359 g/mol. The number of amides is 1. The SMILES string of the molecule is O=C(O)[C@@H]1CN(C(=O)CSC2CCS(=O)(=O)C2)C[C@H]1C(F)(F)F. The quantitative estimate of drug-likeness (QED) is 0.775. The number of carbonyl (C=O) groups is 2. The first kappa shape index (κ1) is 18.4. The topological polar surface area (TPSA) is 91.8 Å². The van der Waals surface area contributed by atoms with E-state index >= 15 is 0 Å². The first-order chi connectivity index (χ1) is 10.5. The lowest BCUT2D eigenvalue weighted by atomic mass is 9.96. The van der Waals surface area contributed by atoms with E-state index in [9.17, 15) is 31.2 Å². The molecule has 23 heavy (non-hydrogen) atoms. The molecule has 6 nitrogen and oxygen atoms in total. The Hall–Kier alpha value is -0.970. The molecule has 1 amide bonds. The lowest BCUT2D eigenvalue weighted by Crippen LogP contribution is -2.34. The van der Waals surface area contributed by atoms with Crippen LogP contribution in [0.1, 0.15) is 6.42 Å². The van der Waals surface area contributed by atoms with E-state index in [0.717, 1.165) is 16.7 Å². The van der Waals surface area contributed by atoms with Gasteiger partial charge in [0.2, 0.25) is 5.91 Å². The molecule has 0 aromatic rings. The first-order valence-electron chi connectivity index (χ1n) is 6.89. The van der Waals surface area contributed by atoms with Crippen molar-refractivity contribution >= 4 is 33.5 Å². The number of carboxylic acids is 1. The summed E-state index contributed by atoms with van der Waals surface area (Å²) in [6.07, 6.45) is -4.26. The van der Waals surface area contributed by atoms with Crippen LogP contribution in [0.2, 0.25) is 0 Å². The zero-order chi connectivity index (χ0) is 17.4. The summed E-state index contributed by atoms with van der Waals surface area (Å²) < 4.78 is 61.2. The second-order valence-electron chi connectivity index (χ2n) is 5.73. The third-order valence-corrected chi connectivity index (χ3v) is 7.31. The predicted octanol–water partition coefficient (Wildman–Crippen LogP) is 0.628. The number of aliphatic carboxylic acids is 1. The predicted molar refractivity (Wildman–Crippen MR) is 76.8 cm³/mol. The average molecular weight is 375 g/mol. The zero-order valence-corrected chi connectivity index (χ0v) is 13.6. The van der Waals surface area contributed by atoms with Crippen LogP contribution in [0.25, 0.3) is 0 Å². The van der Waals surface area contributed by atoms with Crippen LogP contribution < -0.4 is 0 Å². The van der Waals surface area contributed by atoms with Gasteiger partial charge in [0.15, 0.2) is 9.84 Å². The van der Waals surface area contributed by atoms with Gasteiger partial charge in [-0.25, -0.2) is 8.42 Å². The summed E-state index contributed by atoms with van der Waals surface area (Å²) in [6.45, 7) is -1.13. The molecule has 0 aromatic carbocycles. The van der Waals surface area contributed by atoms with E-state index < -0.39 is 52.8 Å². The van der Waals surface area contributed by atoms with Crippen molar-refractivity contribution in [2.75, 3.05) is 30.3 Å². The van der Waals surface area contributed by atoms with Crippen LogP contribution in [0.4, 0.5) is 13.2 Å². The maximum atomic E-state index is 12.9. The minimum absolute atomic E-state index is 0.0339. The van der Waals surface area contributed by atoms with Crippen LogP contribution >= 0.6 is 11.8 Å². The van der Waals surface area contributed by atoms with Gasteiger partial charge in [-0.15, -0.1) is 11.8 Å². The van der Waals surface area contributed by atoms with Gasteiger partial charge in [-0.3, -0.25) is 9.59 Å². The van der Waals surface area contributed by atoms with Gasteiger partial charge in [-0.05, 0) is 6.42 Å². The summed E-state index contributed by atoms with van der Waals surface area (Å²) >= 11 is 1.10. The summed E-state index contributed by atoms with van der Waals surface area (Å²) in [6, 6.07) is 0. The molecule has 11 heteroatoms. The Balaban J connectivity index is 1.92. The molecule has 2 aliphatic heterocycles. The van der Waals surface area contributed by atoms with Gasteiger partial charge in [0, 0.05) is 18.3 Å². The van der Waals surface area contributed by atoms with Gasteiger partial charge in [0.05, 0.1) is 29.1 Å². The molecule has 1 unspecified atom stereocenters. The molecule has 2 heterocycles. The van der Waals surface area contributed by atoms with E-state index in [0.29, 0.717) is 6.42 Å². The molecule has 2 fully saturated rings. The van der Waals surface area contributed by atoms with E-state index in [1.807, 2.05) is 0 Å². The zero-order valence-electron chi connectivity index (χ0n) is 12.0. The third-order valence-electron chi connectivity index (χ3n) is 4.04. The number of nitrogens with zero attached hydrogens (tertiary/aromatic N) is 1. The lowest BCUT2D eigenvalue weighted by molar-refractivity contribution is -0.188. The monoisotopic (exact) mass is 375 g/mol. The summed E-state index contributed by atoms with van der Waals surface area (Å²) in [7, 11) is -3.08. The van der Waals surface area contributed by atoms with E-state index in [1.165, 1.54) is 0 Å². The normalized spacial score (nSPS) is 30.6. The number of sulfone groups is 1. The Morgan fingerprint density at radius 3 is 2.35 bits per heavy atom. The van der Waals surface area contributed by atoms with Crippen molar-refractivity contribution in [3.63, 3.8) is 0 Å². The first-order valence-corrected chi connectivity index (χ1v) is 9.76. The highest BCUT2D eigenvalue weighted by atomic mass is 32.2. The van der Waals surface area contributed by atoms with Crippen LogP contribution in [0.3, 0.4) is 0 Å². The maximum absolute atomic E-state index is 12.9. The molecule has 2 saturated heterocycles. The van der Waals surface area contributed by atoms with Gasteiger partial charge in [-0.2, -0.15) is 13.2 Å². The molecule has 0 bridgehead atoms. The highest BCUT2D eigenvalue weighted by Gasteiger charge is 2.53. The number of likely N-dealkylation sites (tertiary alicyclic amines) is 1. The molecule has 2 rings (SSSR count). The van der Waals surface area contributed by atoms with Crippen molar-refractivity contribution in [3.05, 3.63) is 0 Å². The van der Waals surface area contributed by atoms with Crippen molar-refractivity contribution in [3.8, 4) is 0 Å². The molecule has 0 radical (unpaired) electrons. The fraction of sp³-hybridized carbons (Fsp3) is 0.833. The number of hydrogen-bond donors (Lipinski definition) is 1. The summed E-state index contributed by atoms with van der Waals surface area (Å²) in [5.74, 6) is -6.00. The smallest absolute Gasteiger partial charge is 0.394 e. The molecule has 2 aliphatic rings. The molecule has 0 aromatic heterocycles. The van der Waals surface area contributed by atoms with Gasteiger partial charge in [0.1, 0.15) is 0 Å². The third kappa shape index (κ3) is 4.52. The Morgan fingerprint density at radius 2 is 1.91 bits per heavy atom. The fourth-order valence-corrected chi connectivity index (χ4v) is 6.31. The van der Waals surface area contributed by atoms with Crippen LogP contribution in [0.5, 0.6) is 0 Å². The highest BCUT2D eigenvalue weighted by Crippen LogP contribution is 2.38. The second kappa shape index (κ2) is 6.50. The van der Waals surface area contributed by atoms with Gasteiger partial charge in [0.25, 0.3) is 0 Å². The van der Waals surface area contributed by atoms with Gasteiger partial charge in [-0.1, -0.05) is 0 Å². The van der Waals surface area contributed by atoms with Crippen molar-refractivity contribution in [1.82, 2.24) is 4.90 Å². The van der Waals surface area contributed by atoms with Crippen molar-refractivity contribution < 1.29 is 36.3 Å². The molecule has 3 atom stereocenters. The maximum Gasteiger partial charge on any atom is 0.394 e. The molecule has 0 aliphatic carbocycles. The lowest BCUT2D eigenvalue weighted by Gasteiger charge is -2.18. The van der Waals surface area contributed by atoms with Gasteiger partial charge < -0.3 is 10.0 Å². The van der Waals surface area contributed by atoms with Crippen LogP contribution in [-0.4, -0.2) is 72.1 Å². The number of carboxylic acid groups (broad SMARTS) is 1. The highest BCUT2D eigenvalue weighted by molar-refractivity contribution is 8.02. The molecule has 132 valence electrons. The number of thioether (sulfide) groups is 1. The van der Waals surface area contributed by atoms with Crippen molar-refractivity contribution in [1.29, 1.82) is 0 Å². The van der Waals surface area contributed by atoms with E-state index in [-0.39, 0.29) is 22.5 Å². The fourth-order valence-electron chi connectivity index (χ4n) is 2.76. The number of carbonyl (C=O) groups excluding carboxylic acids is 1. The Bertz CT molecular complexity index is 592. The summed E-state index contributed by atoms with van der Waals surface area (Å²) in [5.41, 5.74) is 0. The number of halogens is 3.